The fourth-order valence-corrected chi connectivity index (χ4v) is 15.2. The molecule has 14 aromatic carbocycles. The maximum Gasteiger partial charge on any atom is 0.160 e. The average Bonchev–Trinajstić information content (AvgIpc) is 1.56. The lowest BCUT2D eigenvalue weighted by Crippen LogP contribution is -1.97. The lowest BCUT2D eigenvalue weighted by Gasteiger charge is -2.13. The van der Waals surface area contributed by atoms with E-state index in [-0.39, 0.29) is 0 Å². The molecule has 0 radical (unpaired) electrons. The van der Waals surface area contributed by atoms with Crippen molar-refractivity contribution in [2.45, 2.75) is 0 Å². The summed E-state index contributed by atoms with van der Waals surface area (Å²) in [7, 11) is 0. The fourth-order valence-electron chi connectivity index (χ4n) is 15.2. The van der Waals surface area contributed by atoms with Gasteiger partial charge in [0.15, 0.2) is 11.6 Å². The van der Waals surface area contributed by atoms with Gasteiger partial charge in [-0.1, -0.05) is 291 Å². The van der Waals surface area contributed by atoms with Gasteiger partial charge in [0.2, 0.25) is 0 Å². The van der Waals surface area contributed by atoms with Gasteiger partial charge in [0, 0.05) is 88.2 Å². The molecule has 20 aromatic rings. The molecule has 6 aromatic heterocycles. The third kappa shape index (κ3) is 12.2. The average molecular weight is 1400 g/mol. The highest BCUT2D eigenvalue weighted by Crippen LogP contribution is 2.44. The highest BCUT2D eigenvalue weighted by Gasteiger charge is 2.24. The Morgan fingerprint density at radius 2 is 0.527 bits per heavy atom. The Hall–Kier alpha value is -15.4. The van der Waals surface area contributed by atoms with E-state index in [9.17, 15) is 10.5 Å². The molecule has 0 bridgehead atoms. The van der Waals surface area contributed by atoms with Gasteiger partial charge in [-0.15, -0.1) is 0 Å². The summed E-state index contributed by atoms with van der Waals surface area (Å²) in [5, 5.41) is 26.0. The Bertz CT molecular complexity index is 6970. The van der Waals surface area contributed by atoms with Crippen LogP contribution in [-0.2, 0) is 0 Å². The first-order valence-electron chi connectivity index (χ1n) is 36.5. The van der Waals surface area contributed by atoms with Gasteiger partial charge in [0.05, 0.1) is 90.5 Å². The highest BCUT2D eigenvalue weighted by molar-refractivity contribution is 6.25. The van der Waals surface area contributed by atoms with Crippen molar-refractivity contribution in [2.75, 3.05) is 0 Å². The third-order valence-corrected chi connectivity index (χ3v) is 20.5. The number of hydrogen-bond donors (Lipinski definition) is 0. The zero-order chi connectivity index (χ0) is 73.4. The van der Waals surface area contributed by atoms with E-state index in [0.717, 1.165) is 156 Å². The molecule has 110 heavy (non-hydrogen) atoms. The summed E-state index contributed by atoms with van der Waals surface area (Å²) in [6, 6.07) is 133. The number of benzene rings is 14. The second kappa shape index (κ2) is 28.3. The Labute approximate surface area is 634 Å². The van der Waals surface area contributed by atoms with Crippen molar-refractivity contribution in [1.29, 1.82) is 10.5 Å². The van der Waals surface area contributed by atoms with Crippen LogP contribution in [0.15, 0.2) is 376 Å². The summed E-state index contributed by atoms with van der Waals surface area (Å²) in [6.45, 7) is 0. The summed E-state index contributed by atoms with van der Waals surface area (Å²) in [6.07, 6.45) is 0. The predicted molar refractivity (Wildman–Crippen MR) is 447 cm³/mol. The Morgan fingerprint density at radius 3 is 0.955 bits per heavy atom. The summed E-state index contributed by atoms with van der Waals surface area (Å²) >= 11 is 0. The number of nitrogens with zero attached hydrogens (tertiary/aromatic N) is 10. The summed E-state index contributed by atoms with van der Waals surface area (Å²) < 4.78 is 4.71. The molecule has 512 valence electrons. The van der Waals surface area contributed by atoms with Crippen molar-refractivity contribution < 1.29 is 0 Å². The monoisotopic (exact) mass is 1400 g/mol. The molecule has 0 spiro atoms. The van der Waals surface area contributed by atoms with Gasteiger partial charge in [-0.3, -0.25) is 0 Å². The van der Waals surface area contributed by atoms with Crippen LogP contribution >= 0.6 is 0 Å². The molecule has 10 heteroatoms. The minimum atomic E-state index is 0.591. The Balaban J connectivity index is 0.000000149. The number of aromatic nitrogens is 8. The Morgan fingerprint density at radius 1 is 0.218 bits per heavy atom. The first-order valence-corrected chi connectivity index (χ1v) is 36.5. The van der Waals surface area contributed by atoms with Gasteiger partial charge in [0.1, 0.15) is 0 Å². The molecule has 0 atom stereocenters. The molecule has 0 aliphatic carbocycles. The van der Waals surface area contributed by atoms with E-state index in [1.165, 1.54) is 21.5 Å². The quantitative estimate of drug-likeness (QED) is 0.118. The molecule has 10 nitrogen and oxygen atoms in total. The minimum Gasteiger partial charge on any atom is -0.307 e. The lowest BCUT2D eigenvalue weighted by molar-refractivity contribution is 1.17. The van der Waals surface area contributed by atoms with E-state index in [0.29, 0.717) is 22.8 Å². The molecule has 0 saturated heterocycles. The third-order valence-electron chi connectivity index (χ3n) is 20.5. The summed E-state index contributed by atoms with van der Waals surface area (Å²) in [5.74, 6) is 1.28. The molecule has 0 unspecified atom stereocenters. The number of hydrogen-bond acceptors (Lipinski definition) is 8. The van der Waals surface area contributed by atoms with Crippen molar-refractivity contribution in [3.8, 4) is 136 Å². The second-order valence-electron chi connectivity index (χ2n) is 27.1. The SMILES string of the molecule is N#Cc1ccc(-c2cc(-c3ccc(-c4ccc(-c5nc6ccccc6c6c7ccccc7n(-c7ccccc7)c56)cc4)cc3)nc(-c3ccccc3)n2)cc1.N#Cc1cccc(-c2cc(-c3ccccc3)nc(-c3ccc(-c4ccc(-c5nc6ccccc6c6c7ccccc7n(-c7ccccc7)c56)cc4)cc3)n2)c1. The van der Waals surface area contributed by atoms with Crippen LogP contribution in [0.2, 0.25) is 0 Å². The first-order chi connectivity index (χ1) is 54.4. The van der Waals surface area contributed by atoms with Crippen molar-refractivity contribution >= 4 is 65.4 Å². The molecule has 0 fully saturated rings. The van der Waals surface area contributed by atoms with Gasteiger partial charge in [-0.05, 0) is 107 Å². The predicted octanol–water partition coefficient (Wildman–Crippen LogP) is 24.7. The normalized spacial score (nSPS) is 11.3. The van der Waals surface area contributed by atoms with Gasteiger partial charge >= 0.3 is 0 Å². The molecule has 0 aliphatic rings. The van der Waals surface area contributed by atoms with Gasteiger partial charge in [-0.25, -0.2) is 29.9 Å². The standard InChI is InChI=1S/2C50H31N5/c51-32-33-12-11-15-39(30-33)45-31-44(36-13-3-1-4-14-36)53-50(54-45)38-28-24-35(25-29-38)34-22-26-37(27-23-34)48-49-47(41-18-7-9-20-43(41)52-48)42-19-8-10-21-46(42)55(49)40-16-5-2-6-17-40;51-32-33-19-21-36(22-20-33)44-31-45(54-50(53-44)39-11-3-1-4-12-39)37-27-23-34(24-28-37)35-25-29-38(30-26-35)48-49-47(41-15-7-9-17-43(41)52-48)42-16-8-10-18-46(42)55(49)40-13-5-2-6-14-40/h2*1-31H. The van der Waals surface area contributed by atoms with Crippen LogP contribution < -0.4 is 0 Å². The van der Waals surface area contributed by atoms with Crippen molar-refractivity contribution in [2.24, 2.45) is 0 Å². The molecule has 0 amide bonds. The number of para-hydroxylation sites is 6. The molecule has 0 aliphatic heterocycles. The van der Waals surface area contributed by atoms with Crippen LogP contribution in [0.3, 0.4) is 0 Å². The van der Waals surface area contributed by atoms with E-state index in [1.807, 2.05) is 115 Å². The topological polar surface area (TPSA) is 135 Å². The molecule has 0 N–H and O–H groups in total. The largest absolute Gasteiger partial charge is 0.307 e. The van der Waals surface area contributed by atoms with Crippen LogP contribution in [0.25, 0.3) is 189 Å². The fraction of sp³-hybridized carbons (Fsp3) is 0. The smallest absolute Gasteiger partial charge is 0.160 e. The number of fused-ring (bicyclic) bond motifs is 10. The van der Waals surface area contributed by atoms with E-state index in [2.05, 4.69) is 276 Å². The van der Waals surface area contributed by atoms with Crippen LogP contribution in [0.4, 0.5) is 0 Å². The van der Waals surface area contributed by atoms with Crippen LogP contribution in [-0.4, -0.2) is 39.0 Å². The van der Waals surface area contributed by atoms with Crippen molar-refractivity contribution in [1.82, 2.24) is 39.0 Å². The van der Waals surface area contributed by atoms with E-state index in [4.69, 9.17) is 29.9 Å². The van der Waals surface area contributed by atoms with Gasteiger partial charge in [-0.2, -0.15) is 10.5 Å². The lowest BCUT2D eigenvalue weighted by atomic mass is 9.98. The van der Waals surface area contributed by atoms with Gasteiger partial charge < -0.3 is 9.13 Å². The van der Waals surface area contributed by atoms with Crippen LogP contribution in [0.1, 0.15) is 11.1 Å². The molecule has 20 rings (SSSR count). The van der Waals surface area contributed by atoms with Crippen molar-refractivity contribution in [3.05, 3.63) is 387 Å². The summed E-state index contributed by atoms with van der Waals surface area (Å²) in [4.78, 5) is 30.5. The Kier molecular flexibility index (Phi) is 16.8. The van der Waals surface area contributed by atoms with Gasteiger partial charge in [0.25, 0.3) is 0 Å². The van der Waals surface area contributed by atoms with Crippen LogP contribution in [0, 0.1) is 22.7 Å². The molecular weight excluding hydrogens is 1340 g/mol. The summed E-state index contributed by atoms with van der Waals surface area (Å²) in [5.41, 5.74) is 27.2. The van der Waals surface area contributed by atoms with Crippen molar-refractivity contribution in [3.63, 3.8) is 0 Å². The minimum absolute atomic E-state index is 0.591. The zero-order valence-corrected chi connectivity index (χ0v) is 59.3. The number of nitriles is 2. The zero-order valence-electron chi connectivity index (χ0n) is 59.3. The molecule has 0 saturated carbocycles. The van der Waals surface area contributed by atoms with Crippen LogP contribution in [0.5, 0.6) is 0 Å². The van der Waals surface area contributed by atoms with E-state index >= 15 is 0 Å². The first kappa shape index (κ1) is 65.4. The number of rotatable bonds is 12. The molecule has 6 heterocycles. The number of pyridine rings is 2. The highest BCUT2D eigenvalue weighted by atomic mass is 15.0. The maximum absolute atomic E-state index is 9.54. The van der Waals surface area contributed by atoms with E-state index in [1.54, 1.807) is 6.07 Å². The maximum atomic E-state index is 9.54. The van der Waals surface area contributed by atoms with E-state index < -0.39 is 0 Å². The molecular formula is C100H62N10. The second-order valence-corrected chi connectivity index (χ2v) is 27.1.